The van der Waals surface area contributed by atoms with Crippen LogP contribution in [0.15, 0.2) is 40.6 Å². The fourth-order valence-corrected chi connectivity index (χ4v) is 4.95. The van der Waals surface area contributed by atoms with Crippen molar-refractivity contribution in [3.05, 3.63) is 51.7 Å². The van der Waals surface area contributed by atoms with E-state index in [0.717, 1.165) is 12.0 Å². The number of rotatable bonds is 6. The molecule has 1 amide bonds. The molecular formula is C19H22N2O5S2. The lowest BCUT2D eigenvalue weighted by Crippen LogP contribution is -2.42. The Bertz CT molecular complexity index is 966. The van der Waals surface area contributed by atoms with Gasteiger partial charge in [-0.25, -0.2) is 17.9 Å². The first-order valence-electron chi connectivity index (χ1n) is 8.96. The zero-order valence-corrected chi connectivity index (χ0v) is 17.3. The van der Waals surface area contributed by atoms with Gasteiger partial charge in [0.25, 0.3) is 5.91 Å². The molecule has 28 heavy (non-hydrogen) atoms. The van der Waals surface area contributed by atoms with Crippen LogP contribution in [0, 0.1) is 0 Å². The van der Waals surface area contributed by atoms with E-state index in [1.807, 2.05) is 11.4 Å². The summed E-state index contributed by atoms with van der Waals surface area (Å²) in [7, 11) is -3.59. The van der Waals surface area contributed by atoms with Crippen LogP contribution in [0.25, 0.3) is 0 Å². The van der Waals surface area contributed by atoms with E-state index in [4.69, 9.17) is 4.74 Å². The Hall–Kier alpha value is -2.23. The molecular weight excluding hydrogens is 400 g/mol. The smallest absolute Gasteiger partial charge is 0.338 e. The van der Waals surface area contributed by atoms with Crippen molar-refractivity contribution in [1.29, 1.82) is 0 Å². The highest BCUT2D eigenvalue weighted by Crippen LogP contribution is 2.24. The average Bonchev–Trinajstić information content (AvgIpc) is 3.15. The topological polar surface area (TPSA) is 92.8 Å². The number of carbonyl (C=O) groups is 2. The van der Waals surface area contributed by atoms with Crippen LogP contribution in [-0.2, 0) is 32.5 Å². The van der Waals surface area contributed by atoms with E-state index in [1.165, 1.54) is 29.1 Å². The first-order valence-corrected chi connectivity index (χ1v) is 11.3. The minimum Gasteiger partial charge on any atom is -0.449 e. The molecule has 7 nitrogen and oxygen atoms in total. The summed E-state index contributed by atoms with van der Waals surface area (Å²) in [6, 6.07) is 7.44. The molecule has 1 N–H and O–H groups in total. The number of carbonyl (C=O) groups excluding carboxylic acids is 2. The minimum absolute atomic E-state index is 0.0647. The van der Waals surface area contributed by atoms with Crippen LogP contribution in [0.1, 0.15) is 34.6 Å². The van der Waals surface area contributed by atoms with Gasteiger partial charge in [-0.1, -0.05) is 6.92 Å². The number of nitrogens with one attached hydrogen (secondary N) is 1. The van der Waals surface area contributed by atoms with E-state index in [9.17, 15) is 18.0 Å². The lowest BCUT2D eigenvalue weighted by atomic mass is 10.1. The first-order chi connectivity index (χ1) is 13.3. The van der Waals surface area contributed by atoms with Gasteiger partial charge in [-0.15, -0.1) is 11.3 Å². The zero-order valence-electron chi connectivity index (χ0n) is 15.7. The summed E-state index contributed by atoms with van der Waals surface area (Å²) >= 11 is 1.69. The Balaban J connectivity index is 1.62. The molecule has 0 saturated carbocycles. The molecule has 1 aromatic carbocycles. The second-order valence-corrected chi connectivity index (χ2v) is 9.22. The number of sulfonamides is 1. The number of esters is 1. The van der Waals surface area contributed by atoms with Gasteiger partial charge in [0, 0.05) is 24.5 Å². The molecule has 1 aliphatic rings. The van der Waals surface area contributed by atoms with Crippen LogP contribution in [0.3, 0.4) is 0 Å². The Morgan fingerprint density at radius 3 is 2.64 bits per heavy atom. The van der Waals surface area contributed by atoms with Gasteiger partial charge in [0.05, 0.1) is 10.5 Å². The molecule has 0 saturated heterocycles. The molecule has 150 valence electrons. The summed E-state index contributed by atoms with van der Waals surface area (Å²) in [6.07, 6.45) is -0.112. The molecule has 0 radical (unpaired) electrons. The molecule has 0 aliphatic carbocycles. The highest BCUT2D eigenvalue weighted by atomic mass is 32.2. The van der Waals surface area contributed by atoms with Crippen molar-refractivity contribution in [1.82, 2.24) is 9.62 Å². The number of nitrogens with zero attached hydrogens (tertiary/aromatic N) is 1. The molecule has 1 unspecified atom stereocenters. The summed E-state index contributed by atoms with van der Waals surface area (Å²) in [5.41, 5.74) is 1.33. The third-order valence-electron chi connectivity index (χ3n) is 4.49. The maximum atomic E-state index is 12.6. The van der Waals surface area contributed by atoms with Crippen molar-refractivity contribution in [3.63, 3.8) is 0 Å². The van der Waals surface area contributed by atoms with E-state index < -0.39 is 22.1 Å². The Kier molecular flexibility index (Phi) is 6.17. The van der Waals surface area contributed by atoms with Crippen LogP contribution < -0.4 is 4.72 Å². The fraction of sp³-hybridized carbons (Fsp3) is 0.368. The third kappa shape index (κ3) is 4.43. The lowest BCUT2D eigenvalue weighted by Gasteiger charge is -2.29. The number of hydrogen-bond donors (Lipinski definition) is 1. The number of hydrogen-bond acceptors (Lipinski definition) is 6. The Labute approximate surface area is 168 Å². The number of ether oxygens (including phenoxy) is 1. The molecule has 3 rings (SSSR count). The SMILES string of the molecule is CCNS(=O)(=O)c1ccc(C(=O)OC(C)C(=O)N2CCc3sccc3C2)cc1. The molecule has 9 heteroatoms. The second-order valence-electron chi connectivity index (χ2n) is 6.45. The van der Waals surface area contributed by atoms with Gasteiger partial charge in [0.2, 0.25) is 10.0 Å². The highest BCUT2D eigenvalue weighted by molar-refractivity contribution is 7.89. The average molecular weight is 423 g/mol. The van der Waals surface area contributed by atoms with Crippen LogP contribution >= 0.6 is 11.3 Å². The van der Waals surface area contributed by atoms with Gasteiger partial charge in [0.15, 0.2) is 6.10 Å². The van der Waals surface area contributed by atoms with Crippen LogP contribution in [-0.4, -0.2) is 44.4 Å². The summed E-state index contributed by atoms with van der Waals surface area (Å²) < 4.78 is 31.6. The monoisotopic (exact) mass is 422 g/mol. The number of thiophene rings is 1. The quantitative estimate of drug-likeness (QED) is 0.721. The molecule has 2 heterocycles. The first kappa shape index (κ1) is 20.5. The van der Waals surface area contributed by atoms with Gasteiger partial charge >= 0.3 is 5.97 Å². The van der Waals surface area contributed by atoms with Crippen molar-refractivity contribution in [2.75, 3.05) is 13.1 Å². The molecule has 0 bridgehead atoms. The Morgan fingerprint density at radius 2 is 1.96 bits per heavy atom. The molecule has 1 aromatic heterocycles. The normalized spacial score (nSPS) is 15.0. The van der Waals surface area contributed by atoms with Gasteiger partial charge in [-0.3, -0.25) is 4.79 Å². The van der Waals surface area contributed by atoms with Gasteiger partial charge < -0.3 is 9.64 Å². The molecule has 2 aromatic rings. The van der Waals surface area contributed by atoms with Gasteiger partial charge in [-0.2, -0.15) is 0 Å². The minimum atomic E-state index is -3.59. The second kappa shape index (κ2) is 8.42. The lowest BCUT2D eigenvalue weighted by molar-refractivity contribution is -0.140. The fourth-order valence-electron chi connectivity index (χ4n) is 3.02. The maximum absolute atomic E-state index is 12.6. The summed E-state index contributed by atoms with van der Waals surface area (Å²) in [6.45, 7) is 4.63. The van der Waals surface area contributed by atoms with E-state index in [-0.39, 0.29) is 22.9 Å². The number of benzene rings is 1. The van der Waals surface area contributed by atoms with Crippen molar-refractivity contribution in [3.8, 4) is 0 Å². The van der Waals surface area contributed by atoms with Crippen LogP contribution in [0.4, 0.5) is 0 Å². The van der Waals surface area contributed by atoms with Crippen LogP contribution in [0.5, 0.6) is 0 Å². The largest absolute Gasteiger partial charge is 0.449 e. The van der Waals surface area contributed by atoms with E-state index in [2.05, 4.69) is 4.72 Å². The molecule has 1 atom stereocenters. The summed E-state index contributed by atoms with van der Waals surface area (Å²) in [5, 5.41) is 2.02. The predicted octanol–water partition coefficient (Wildman–Crippen LogP) is 2.18. The van der Waals surface area contributed by atoms with Crippen LogP contribution in [0.2, 0.25) is 0 Å². The molecule has 0 fully saturated rings. The Morgan fingerprint density at radius 1 is 1.25 bits per heavy atom. The maximum Gasteiger partial charge on any atom is 0.338 e. The predicted molar refractivity (Wildman–Crippen MR) is 106 cm³/mol. The zero-order chi connectivity index (χ0) is 20.3. The third-order valence-corrected chi connectivity index (χ3v) is 7.07. The number of fused-ring (bicyclic) bond motifs is 1. The molecule has 1 aliphatic heterocycles. The molecule has 0 spiro atoms. The highest BCUT2D eigenvalue weighted by Gasteiger charge is 2.28. The van der Waals surface area contributed by atoms with E-state index >= 15 is 0 Å². The standard InChI is InChI=1S/C19H22N2O5S2/c1-3-20-28(24,25)16-6-4-14(5-7-16)19(23)26-13(2)18(22)21-10-8-17-15(12-21)9-11-27-17/h4-7,9,11,13,20H,3,8,10,12H2,1-2H3. The van der Waals surface area contributed by atoms with Crippen molar-refractivity contribution in [2.45, 2.75) is 37.8 Å². The van der Waals surface area contributed by atoms with Crippen molar-refractivity contribution < 1.29 is 22.7 Å². The van der Waals surface area contributed by atoms with Crippen molar-refractivity contribution >= 4 is 33.2 Å². The van der Waals surface area contributed by atoms with Gasteiger partial charge in [0.1, 0.15) is 0 Å². The van der Waals surface area contributed by atoms with Gasteiger partial charge in [-0.05, 0) is 54.6 Å². The summed E-state index contributed by atoms with van der Waals surface area (Å²) in [4.78, 5) is 28.0. The number of amides is 1. The van der Waals surface area contributed by atoms with E-state index in [1.54, 1.807) is 30.1 Å². The van der Waals surface area contributed by atoms with E-state index in [0.29, 0.717) is 13.1 Å². The van der Waals surface area contributed by atoms with Crippen molar-refractivity contribution in [2.24, 2.45) is 0 Å². The summed E-state index contributed by atoms with van der Waals surface area (Å²) in [5.74, 6) is -0.905.